The smallest absolute Gasteiger partial charge is 0.0169 e. The summed E-state index contributed by atoms with van der Waals surface area (Å²) in [6.45, 7) is 6.36. The minimum Gasteiger partial charge on any atom is -0.0914 e. The maximum absolute atomic E-state index is 2.25. The first-order valence-electron chi connectivity index (χ1n) is 4.70. The van der Waals surface area contributed by atoms with Gasteiger partial charge < -0.3 is 0 Å². The predicted octanol–water partition coefficient (Wildman–Crippen LogP) is 4.11. The molecule has 0 bridgehead atoms. The summed E-state index contributed by atoms with van der Waals surface area (Å²) in [5, 5.41) is 0. The second-order valence-electron chi connectivity index (χ2n) is 3.01. The highest BCUT2D eigenvalue weighted by Crippen LogP contribution is 2.04. The highest BCUT2D eigenvalue weighted by atomic mass is 14.0. The van der Waals surface area contributed by atoms with Crippen molar-refractivity contribution < 1.29 is 0 Å². The summed E-state index contributed by atoms with van der Waals surface area (Å²) in [4.78, 5) is 0. The van der Waals surface area contributed by atoms with Gasteiger partial charge in [-0.05, 0) is 32.6 Å². The second-order valence-corrected chi connectivity index (χ2v) is 3.01. The summed E-state index contributed by atoms with van der Waals surface area (Å²) < 4.78 is 0. The molecule has 0 aromatic carbocycles. The average Bonchev–Trinajstić information content (AvgIpc) is 2.05. The Morgan fingerprint density at radius 2 is 1.75 bits per heavy atom. The molecule has 0 radical (unpaired) electrons. The molecular formula is C12H20. The highest BCUT2D eigenvalue weighted by molar-refractivity contribution is 4.94. The molecule has 0 aromatic heterocycles. The molecule has 68 valence electrons. The van der Waals surface area contributed by atoms with Crippen molar-refractivity contribution in [3.63, 3.8) is 0 Å². The van der Waals surface area contributed by atoms with E-state index in [9.17, 15) is 0 Å². The van der Waals surface area contributed by atoms with Gasteiger partial charge in [0.2, 0.25) is 0 Å². The zero-order valence-electron chi connectivity index (χ0n) is 8.46. The fourth-order valence-electron chi connectivity index (χ4n) is 1.03. The molecule has 0 N–H and O–H groups in total. The van der Waals surface area contributed by atoms with Crippen LogP contribution in [-0.2, 0) is 0 Å². The fourth-order valence-corrected chi connectivity index (χ4v) is 1.03. The Labute approximate surface area is 76.7 Å². The first kappa shape index (κ1) is 11.2. The van der Waals surface area contributed by atoms with Gasteiger partial charge in [0.25, 0.3) is 0 Å². The van der Waals surface area contributed by atoms with Crippen molar-refractivity contribution in [3.05, 3.63) is 36.5 Å². The minimum absolute atomic E-state index is 0.678. The lowest BCUT2D eigenvalue weighted by molar-refractivity contribution is 0.742. The third kappa shape index (κ3) is 7.33. The van der Waals surface area contributed by atoms with Crippen molar-refractivity contribution in [2.75, 3.05) is 0 Å². The van der Waals surface area contributed by atoms with E-state index in [2.05, 4.69) is 57.2 Å². The number of rotatable bonds is 5. The summed E-state index contributed by atoms with van der Waals surface area (Å²) >= 11 is 0. The van der Waals surface area contributed by atoms with Crippen LogP contribution >= 0.6 is 0 Å². The lowest BCUT2D eigenvalue weighted by Crippen LogP contribution is -1.84. The molecule has 0 aliphatic rings. The van der Waals surface area contributed by atoms with Crippen molar-refractivity contribution >= 4 is 0 Å². The molecule has 0 heterocycles. The molecule has 0 heteroatoms. The molecule has 0 aliphatic heterocycles. The second kappa shape index (κ2) is 8.32. The third-order valence-electron chi connectivity index (χ3n) is 1.70. The van der Waals surface area contributed by atoms with Gasteiger partial charge in [0, 0.05) is 0 Å². The van der Waals surface area contributed by atoms with E-state index in [1.165, 1.54) is 0 Å². The highest BCUT2D eigenvalue weighted by Gasteiger charge is 1.89. The molecule has 0 rings (SSSR count). The topological polar surface area (TPSA) is 0 Å². The van der Waals surface area contributed by atoms with E-state index in [1.54, 1.807) is 0 Å². The van der Waals surface area contributed by atoms with E-state index in [4.69, 9.17) is 0 Å². The van der Waals surface area contributed by atoms with Crippen LogP contribution < -0.4 is 0 Å². The van der Waals surface area contributed by atoms with Gasteiger partial charge in [0.1, 0.15) is 0 Å². The third-order valence-corrected chi connectivity index (χ3v) is 1.70. The van der Waals surface area contributed by atoms with Gasteiger partial charge in [-0.1, -0.05) is 43.4 Å². The summed E-state index contributed by atoms with van der Waals surface area (Å²) in [6.07, 6.45) is 15.3. The molecule has 1 unspecified atom stereocenters. The van der Waals surface area contributed by atoms with E-state index >= 15 is 0 Å². The molecule has 0 amide bonds. The molecule has 12 heavy (non-hydrogen) atoms. The van der Waals surface area contributed by atoms with Crippen LogP contribution in [0.5, 0.6) is 0 Å². The minimum atomic E-state index is 0.678. The molecule has 0 saturated heterocycles. The standard InChI is InChI=1S/C12H20/c1-4-6-7-8-9-11-12(3)10-5-2/h4-6,8-10,12H,7,11H2,1-3H3. The molecular weight excluding hydrogens is 144 g/mol. The SMILES string of the molecule is CC=CCC=CCC(C)C=CC. The number of allylic oxidation sites excluding steroid dienone is 6. The van der Waals surface area contributed by atoms with Gasteiger partial charge in [0.15, 0.2) is 0 Å². The van der Waals surface area contributed by atoms with Crippen molar-refractivity contribution in [2.24, 2.45) is 5.92 Å². The monoisotopic (exact) mass is 164 g/mol. The van der Waals surface area contributed by atoms with Crippen LogP contribution in [0.1, 0.15) is 33.6 Å². The largest absolute Gasteiger partial charge is 0.0914 e. The van der Waals surface area contributed by atoms with Gasteiger partial charge in [-0.15, -0.1) is 0 Å². The normalized spacial score (nSPS) is 15.2. The van der Waals surface area contributed by atoms with Gasteiger partial charge in [-0.2, -0.15) is 0 Å². The van der Waals surface area contributed by atoms with E-state index in [-0.39, 0.29) is 0 Å². The van der Waals surface area contributed by atoms with Gasteiger partial charge in [0.05, 0.1) is 0 Å². The maximum atomic E-state index is 2.25. The van der Waals surface area contributed by atoms with E-state index < -0.39 is 0 Å². The summed E-state index contributed by atoms with van der Waals surface area (Å²) in [5.41, 5.74) is 0. The van der Waals surface area contributed by atoms with Crippen LogP contribution in [0.2, 0.25) is 0 Å². The molecule has 0 saturated carbocycles. The molecule has 0 nitrogen and oxygen atoms in total. The van der Waals surface area contributed by atoms with Crippen molar-refractivity contribution in [1.29, 1.82) is 0 Å². The Bertz CT molecular complexity index is 161. The van der Waals surface area contributed by atoms with E-state index in [1.807, 2.05) is 0 Å². The maximum Gasteiger partial charge on any atom is -0.0169 e. The van der Waals surface area contributed by atoms with Crippen LogP contribution in [0.4, 0.5) is 0 Å². The number of hydrogen-bond acceptors (Lipinski definition) is 0. The summed E-state index contributed by atoms with van der Waals surface area (Å²) in [5.74, 6) is 0.678. The van der Waals surface area contributed by atoms with E-state index in [0.717, 1.165) is 12.8 Å². The van der Waals surface area contributed by atoms with Crippen LogP contribution in [0.3, 0.4) is 0 Å². The van der Waals surface area contributed by atoms with Crippen LogP contribution in [0.25, 0.3) is 0 Å². The predicted molar refractivity (Wildman–Crippen MR) is 57.2 cm³/mol. The molecule has 0 fully saturated rings. The van der Waals surface area contributed by atoms with E-state index in [0.29, 0.717) is 5.92 Å². The van der Waals surface area contributed by atoms with Crippen LogP contribution in [0.15, 0.2) is 36.5 Å². The first-order valence-corrected chi connectivity index (χ1v) is 4.70. The summed E-state index contributed by atoms with van der Waals surface area (Å²) in [7, 11) is 0. The van der Waals surface area contributed by atoms with Gasteiger partial charge in [-0.25, -0.2) is 0 Å². The fraction of sp³-hybridized carbons (Fsp3) is 0.500. The van der Waals surface area contributed by atoms with Crippen LogP contribution in [0, 0.1) is 5.92 Å². The van der Waals surface area contributed by atoms with Gasteiger partial charge >= 0.3 is 0 Å². The van der Waals surface area contributed by atoms with Crippen LogP contribution in [-0.4, -0.2) is 0 Å². The zero-order valence-corrected chi connectivity index (χ0v) is 8.46. The Kier molecular flexibility index (Phi) is 7.78. The van der Waals surface area contributed by atoms with Crippen molar-refractivity contribution in [3.8, 4) is 0 Å². The summed E-state index contributed by atoms with van der Waals surface area (Å²) in [6, 6.07) is 0. The Morgan fingerprint density at radius 1 is 1.00 bits per heavy atom. The molecule has 0 aliphatic carbocycles. The van der Waals surface area contributed by atoms with Crippen molar-refractivity contribution in [1.82, 2.24) is 0 Å². The number of hydrogen-bond donors (Lipinski definition) is 0. The Hall–Kier alpha value is -0.780. The first-order chi connectivity index (χ1) is 5.81. The molecule has 0 aromatic rings. The Morgan fingerprint density at radius 3 is 2.33 bits per heavy atom. The van der Waals surface area contributed by atoms with Gasteiger partial charge in [-0.3, -0.25) is 0 Å². The zero-order chi connectivity index (χ0) is 9.23. The average molecular weight is 164 g/mol. The molecule has 0 spiro atoms. The molecule has 1 atom stereocenters. The van der Waals surface area contributed by atoms with Crippen molar-refractivity contribution in [2.45, 2.75) is 33.6 Å². The lowest BCUT2D eigenvalue weighted by atomic mass is 10.1. The Balaban J connectivity index is 3.46. The quantitative estimate of drug-likeness (QED) is 0.536. The lowest BCUT2D eigenvalue weighted by Gasteiger charge is -1.98.